The highest BCUT2D eigenvalue weighted by atomic mass is 15.2. The molecule has 0 aliphatic carbocycles. The zero-order chi connectivity index (χ0) is 13.7. The number of likely N-dealkylation sites (N-methyl/N-ethyl adjacent to an activating group) is 1. The van der Waals surface area contributed by atoms with Crippen LogP contribution in [0.4, 0.5) is 5.82 Å². The van der Waals surface area contributed by atoms with E-state index in [0.29, 0.717) is 6.04 Å². The quantitative estimate of drug-likeness (QED) is 0.884. The molecule has 0 amide bonds. The summed E-state index contributed by atoms with van der Waals surface area (Å²) in [5.74, 6) is 1.96. The Balaban J connectivity index is 2.09. The topological polar surface area (TPSA) is 41.0 Å². The molecule has 0 radical (unpaired) electrons. The van der Waals surface area contributed by atoms with E-state index in [0.717, 1.165) is 43.4 Å². The van der Waals surface area contributed by atoms with Crippen LogP contribution >= 0.6 is 0 Å². The second-order valence-electron chi connectivity index (χ2n) is 5.30. The van der Waals surface area contributed by atoms with Crippen LogP contribution in [-0.2, 0) is 6.42 Å². The molecule has 1 N–H and O–H groups in total. The molecule has 1 aliphatic heterocycles. The van der Waals surface area contributed by atoms with Crippen molar-refractivity contribution in [1.82, 2.24) is 15.3 Å². The molecule has 2 rings (SSSR count). The zero-order valence-corrected chi connectivity index (χ0v) is 12.4. The predicted octanol–water partition coefficient (Wildman–Crippen LogP) is 2.32. The van der Waals surface area contributed by atoms with Gasteiger partial charge in [0.05, 0.1) is 0 Å². The Morgan fingerprint density at radius 3 is 2.79 bits per heavy atom. The molecular formula is C15H26N4. The summed E-state index contributed by atoms with van der Waals surface area (Å²) in [7, 11) is 0. The maximum Gasteiger partial charge on any atom is 0.132 e. The molecular weight excluding hydrogens is 236 g/mol. The molecule has 1 aromatic heterocycles. The van der Waals surface area contributed by atoms with E-state index in [1.807, 2.05) is 6.92 Å². The van der Waals surface area contributed by atoms with Gasteiger partial charge in [-0.1, -0.05) is 13.3 Å². The number of nitrogens with one attached hydrogen (secondary N) is 1. The van der Waals surface area contributed by atoms with E-state index in [1.165, 1.54) is 19.3 Å². The number of aryl methyl sites for hydroxylation is 2. The first-order chi connectivity index (χ1) is 9.22. The van der Waals surface area contributed by atoms with Crippen LogP contribution in [0.2, 0.25) is 0 Å². The number of nitrogens with zero attached hydrogens (tertiary/aromatic N) is 3. The van der Waals surface area contributed by atoms with E-state index in [2.05, 4.69) is 40.1 Å². The van der Waals surface area contributed by atoms with Gasteiger partial charge in [0.15, 0.2) is 0 Å². The fourth-order valence-corrected chi connectivity index (χ4v) is 2.69. The fraction of sp³-hybridized carbons (Fsp3) is 0.733. The van der Waals surface area contributed by atoms with Crippen molar-refractivity contribution < 1.29 is 0 Å². The third-order valence-electron chi connectivity index (χ3n) is 3.80. The van der Waals surface area contributed by atoms with Crippen molar-refractivity contribution in [1.29, 1.82) is 0 Å². The molecule has 4 heteroatoms. The van der Waals surface area contributed by atoms with Gasteiger partial charge < -0.3 is 10.2 Å². The number of anilines is 1. The van der Waals surface area contributed by atoms with Gasteiger partial charge in [-0.15, -0.1) is 0 Å². The van der Waals surface area contributed by atoms with Crippen LogP contribution < -0.4 is 10.2 Å². The van der Waals surface area contributed by atoms with E-state index >= 15 is 0 Å². The first kappa shape index (κ1) is 14.3. The highest BCUT2D eigenvalue weighted by molar-refractivity contribution is 5.40. The van der Waals surface area contributed by atoms with Crippen molar-refractivity contribution >= 4 is 5.82 Å². The lowest BCUT2D eigenvalue weighted by Gasteiger charge is -2.30. The third kappa shape index (κ3) is 3.90. The number of hydrogen-bond acceptors (Lipinski definition) is 4. The van der Waals surface area contributed by atoms with Crippen LogP contribution in [0.25, 0.3) is 0 Å². The number of hydrogen-bond donors (Lipinski definition) is 1. The van der Waals surface area contributed by atoms with Crippen molar-refractivity contribution in [3.05, 3.63) is 17.6 Å². The minimum Gasteiger partial charge on any atom is -0.355 e. The lowest BCUT2D eigenvalue weighted by Crippen LogP contribution is -2.44. The standard InChI is InChI=1S/C15H26N4/c1-4-13-10-15(18-12(3)17-13)19(5-2)11-14-8-6-7-9-16-14/h10,14,16H,4-9,11H2,1-3H3. The lowest BCUT2D eigenvalue weighted by atomic mass is 10.0. The minimum atomic E-state index is 0.606. The molecule has 106 valence electrons. The van der Waals surface area contributed by atoms with Crippen molar-refractivity contribution in [3.8, 4) is 0 Å². The van der Waals surface area contributed by atoms with Crippen LogP contribution in [0.1, 0.15) is 44.6 Å². The van der Waals surface area contributed by atoms with Gasteiger partial charge in [-0.2, -0.15) is 0 Å². The number of aromatic nitrogens is 2. The van der Waals surface area contributed by atoms with Gasteiger partial charge in [-0.05, 0) is 39.7 Å². The second-order valence-corrected chi connectivity index (χ2v) is 5.30. The van der Waals surface area contributed by atoms with Crippen molar-refractivity contribution in [2.24, 2.45) is 0 Å². The Morgan fingerprint density at radius 2 is 2.16 bits per heavy atom. The fourth-order valence-electron chi connectivity index (χ4n) is 2.69. The summed E-state index contributed by atoms with van der Waals surface area (Å²) < 4.78 is 0. The Hall–Kier alpha value is -1.16. The zero-order valence-electron chi connectivity index (χ0n) is 12.4. The first-order valence-corrected chi connectivity index (χ1v) is 7.55. The molecule has 4 nitrogen and oxygen atoms in total. The maximum absolute atomic E-state index is 4.61. The molecule has 0 spiro atoms. The van der Waals surface area contributed by atoms with Gasteiger partial charge in [0.25, 0.3) is 0 Å². The van der Waals surface area contributed by atoms with Gasteiger partial charge in [-0.25, -0.2) is 9.97 Å². The normalized spacial score (nSPS) is 19.4. The summed E-state index contributed by atoms with van der Waals surface area (Å²) in [6.07, 6.45) is 4.91. The molecule has 1 atom stereocenters. The molecule has 1 unspecified atom stereocenters. The van der Waals surface area contributed by atoms with Crippen LogP contribution in [0.3, 0.4) is 0 Å². The lowest BCUT2D eigenvalue weighted by molar-refractivity contribution is 0.399. The highest BCUT2D eigenvalue weighted by Crippen LogP contribution is 2.16. The van der Waals surface area contributed by atoms with Gasteiger partial charge in [0, 0.05) is 30.9 Å². The minimum absolute atomic E-state index is 0.606. The molecule has 0 saturated carbocycles. The van der Waals surface area contributed by atoms with E-state index < -0.39 is 0 Å². The molecule has 0 bridgehead atoms. The summed E-state index contributed by atoms with van der Waals surface area (Å²) in [6.45, 7) is 9.53. The van der Waals surface area contributed by atoms with Crippen LogP contribution in [0.5, 0.6) is 0 Å². The molecule has 1 aromatic rings. The molecule has 1 saturated heterocycles. The first-order valence-electron chi connectivity index (χ1n) is 7.55. The Labute approximate surface area is 116 Å². The Kier molecular flexibility index (Phi) is 5.14. The number of piperidine rings is 1. The average molecular weight is 262 g/mol. The second kappa shape index (κ2) is 6.85. The molecule has 1 fully saturated rings. The van der Waals surface area contributed by atoms with E-state index in [-0.39, 0.29) is 0 Å². The average Bonchev–Trinajstić information content (AvgIpc) is 2.45. The Bertz CT molecular complexity index is 399. The summed E-state index contributed by atoms with van der Waals surface area (Å²) in [4.78, 5) is 11.4. The van der Waals surface area contributed by atoms with Crippen LogP contribution in [0.15, 0.2) is 6.07 Å². The van der Waals surface area contributed by atoms with Crippen molar-refractivity contribution in [2.45, 2.75) is 52.5 Å². The van der Waals surface area contributed by atoms with E-state index in [1.54, 1.807) is 0 Å². The van der Waals surface area contributed by atoms with Gasteiger partial charge in [-0.3, -0.25) is 0 Å². The van der Waals surface area contributed by atoms with E-state index in [4.69, 9.17) is 0 Å². The molecule has 1 aliphatic rings. The SMILES string of the molecule is CCc1cc(N(CC)CC2CCCCN2)nc(C)n1. The monoisotopic (exact) mass is 262 g/mol. The van der Waals surface area contributed by atoms with Crippen LogP contribution in [0, 0.1) is 6.92 Å². The maximum atomic E-state index is 4.61. The van der Waals surface area contributed by atoms with Gasteiger partial charge >= 0.3 is 0 Å². The molecule has 2 heterocycles. The molecule has 0 aromatic carbocycles. The van der Waals surface area contributed by atoms with Gasteiger partial charge in [0.2, 0.25) is 0 Å². The predicted molar refractivity (Wildman–Crippen MR) is 79.7 cm³/mol. The largest absolute Gasteiger partial charge is 0.355 e. The van der Waals surface area contributed by atoms with Gasteiger partial charge in [0.1, 0.15) is 11.6 Å². The molecule has 19 heavy (non-hydrogen) atoms. The van der Waals surface area contributed by atoms with Crippen LogP contribution in [-0.4, -0.2) is 35.6 Å². The smallest absolute Gasteiger partial charge is 0.132 e. The summed E-state index contributed by atoms with van der Waals surface area (Å²) >= 11 is 0. The summed E-state index contributed by atoms with van der Waals surface area (Å²) in [5, 5.41) is 3.61. The Morgan fingerprint density at radius 1 is 1.32 bits per heavy atom. The summed E-state index contributed by atoms with van der Waals surface area (Å²) in [6, 6.07) is 2.74. The van der Waals surface area contributed by atoms with E-state index in [9.17, 15) is 0 Å². The van der Waals surface area contributed by atoms with Crippen molar-refractivity contribution in [3.63, 3.8) is 0 Å². The van der Waals surface area contributed by atoms with Crippen molar-refractivity contribution in [2.75, 3.05) is 24.5 Å². The number of rotatable bonds is 5. The highest BCUT2D eigenvalue weighted by Gasteiger charge is 2.17. The summed E-state index contributed by atoms with van der Waals surface area (Å²) in [5.41, 5.74) is 1.14. The third-order valence-corrected chi connectivity index (χ3v) is 3.80.